The summed E-state index contributed by atoms with van der Waals surface area (Å²) in [6.07, 6.45) is -22.8. The number of amides is 1. The van der Waals surface area contributed by atoms with Crippen LogP contribution in [0.2, 0.25) is 0 Å². The van der Waals surface area contributed by atoms with Crippen molar-refractivity contribution in [2.75, 3.05) is 32.8 Å². The number of benzene rings is 1. The molecule has 34 heavy (non-hydrogen) atoms. The fourth-order valence-corrected chi connectivity index (χ4v) is 3.08. The molecule has 1 fully saturated rings. The lowest BCUT2D eigenvalue weighted by Crippen LogP contribution is -2.52. The molecule has 1 heterocycles. The number of carbonyl (C=O) groups excluding carboxylic acids is 1. The first kappa shape index (κ1) is 27.3. The molecule has 1 aliphatic heterocycles. The second-order valence-corrected chi connectivity index (χ2v) is 7.07. The van der Waals surface area contributed by atoms with E-state index in [1.54, 1.807) is 0 Å². The van der Waals surface area contributed by atoms with Gasteiger partial charge >= 0.3 is 30.6 Å². The molecule has 7 nitrogen and oxygen atoms in total. The molecule has 0 spiro atoms. The first-order chi connectivity index (χ1) is 15.5. The van der Waals surface area contributed by atoms with Crippen molar-refractivity contribution in [3.05, 3.63) is 29.3 Å². The normalized spacial score (nSPS) is 16.0. The summed E-state index contributed by atoms with van der Waals surface area (Å²) in [5, 5.41) is 8.71. The minimum Gasteiger partial charge on any atom is -0.482 e. The number of hydrogen-bond donors (Lipinski definition) is 1. The second-order valence-electron chi connectivity index (χ2n) is 7.07. The molecular formula is C18H17F9N2O5. The Morgan fingerprint density at radius 3 is 1.97 bits per heavy atom. The van der Waals surface area contributed by atoms with Gasteiger partial charge in [0.25, 0.3) is 6.10 Å². The number of alkyl halides is 9. The van der Waals surface area contributed by atoms with Crippen molar-refractivity contribution in [3.8, 4) is 5.75 Å². The molecule has 1 aliphatic rings. The Hall–Kier alpha value is -2.91. The van der Waals surface area contributed by atoms with Gasteiger partial charge in [0.15, 0.2) is 6.61 Å². The Labute approximate surface area is 185 Å². The summed E-state index contributed by atoms with van der Waals surface area (Å²) in [5.74, 6) is -1.80. The van der Waals surface area contributed by atoms with Gasteiger partial charge in [-0.25, -0.2) is 9.59 Å². The Bertz CT molecular complexity index is 864. The lowest BCUT2D eigenvalue weighted by atomic mass is 10.0. The zero-order chi connectivity index (χ0) is 25.9. The minimum absolute atomic E-state index is 0.220. The van der Waals surface area contributed by atoms with Gasteiger partial charge in [-0.3, -0.25) is 4.90 Å². The zero-order valence-electron chi connectivity index (χ0n) is 16.9. The standard InChI is InChI=1S/C18H17F9N2O5/c19-16(20,21)11-2-1-3-12(33-9-13(30)31)10(11)8-28-4-6-29(7-5-28)15(32)34-14(17(22,23)24)18(25,26)27/h1-3,14H,4-9H2,(H,30,31). The first-order valence-corrected chi connectivity index (χ1v) is 9.35. The van der Waals surface area contributed by atoms with E-state index in [0.29, 0.717) is 4.90 Å². The molecule has 1 amide bonds. The zero-order valence-corrected chi connectivity index (χ0v) is 16.9. The number of aliphatic carboxylic acids is 1. The smallest absolute Gasteiger partial charge is 0.434 e. The number of halogens is 9. The Morgan fingerprint density at radius 1 is 0.941 bits per heavy atom. The number of carboxylic acid groups (broad SMARTS) is 1. The number of nitrogens with zero attached hydrogens (tertiary/aromatic N) is 2. The second kappa shape index (κ2) is 10.1. The number of hydrogen-bond acceptors (Lipinski definition) is 5. The van der Waals surface area contributed by atoms with Crippen molar-refractivity contribution in [2.24, 2.45) is 0 Å². The third-order valence-corrected chi connectivity index (χ3v) is 4.62. The van der Waals surface area contributed by atoms with Crippen LogP contribution in [0.5, 0.6) is 5.75 Å². The molecule has 2 rings (SSSR count). The molecule has 0 saturated carbocycles. The summed E-state index contributed by atoms with van der Waals surface area (Å²) in [5.41, 5.74) is -1.53. The Morgan fingerprint density at radius 2 is 1.50 bits per heavy atom. The molecule has 0 aliphatic carbocycles. The van der Waals surface area contributed by atoms with Gasteiger partial charge in [0.2, 0.25) is 0 Å². The lowest BCUT2D eigenvalue weighted by molar-refractivity contribution is -0.308. The van der Waals surface area contributed by atoms with E-state index in [1.165, 1.54) is 4.90 Å². The molecule has 0 atom stereocenters. The average Bonchev–Trinajstić information content (AvgIpc) is 2.69. The third-order valence-electron chi connectivity index (χ3n) is 4.62. The highest BCUT2D eigenvalue weighted by atomic mass is 19.4. The molecular weight excluding hydrogens is 495 g/mol. The number of carboxylic acids is 1. The summed E-state index contributed by atoms with van der Waals surface area (Å²) in [6.45, 7) is -2.67. The van der Waals surface area contributed by atoms with Gasteiger partial charge in [0.1, 0.15) is 5.75 Å². The summed E-state index contributed by atoms with van der Waals surface area (Å²) >= 11 is 0. The van der Waals surface area contributed by atoms with Gasteiger partial charge in [0.05, 0.1) is 5.56 Å². The van der Waals surface area contributed by atoms with Crippen molar-refractivity contribution in [3.63, 3.8) is 0 Å². The number of ether oxygens (including phenoxy) is 2. The minimum atomic E-state index is -5.89. The largest absolute Gasteiger partial charge is 0.482 e. The highest BCUT2D eigenvalue weighted by Crippen LogP contribution is 2.38. The average molecular weight is 512 g/mol. The molecule has 1 aromatic carbocycles. The van der Waals surface area contributed by atoms with Crippen molar-refractivity contribution in [1.29, 1.82) is 0 Å². The molecule has 1 aromatic rings. The van der Waals surface area contributed by atoms with E-state index in [4.69, 9.17) is 9.84 Å². The molecule has 16 heteroatoms. The number of piperazine rings is 1. The molecule has 192 valence electrons. The van der Waals surface area contributed by atoms with E-state index in [0.717, 1.165) is 18.2 Å². The van der Waals surface area contributed by atoms with Gasteiger partial charge in [-0.1, -0.05) is 6.07 Å². The van der Waals surface area contributed by atoms with Crippen molar-refractivity contribution >= 4 is 12.1 Å². The Kier molecular flexibility index (Phi) is 8.16. The molecule has 1 saturated heterocycles. The fourth-order valence-electron chi connectivity index (χ4n) is 3.08. The van der Waals surface area contributed by atoms with E-state index in [2.05, 4.69) is 4.74 Å². The van der Waals surface area contributed by atoms with Crippen LogP contribution in [0, 0.1) is 0 Å². The number of rotatable bonds is 6. The monoisotopic (exact) mass is 512 g/mol. The Balaban J connectivity index is 2.10. The molecule has 0 aromatic heterocycles. The highest BCUT2D eigenvalue weighted by molar-refractivity contribution is 5.69. The van der Waals surface area contributed by atoms with Crippen molar-refractivity contribution in [1.82, 2.24) is 9.80 Å². The summed E-state index contributed by atoms with van der Waals surface area (Å²) in [4.78, 5) is 24.4. The van der Waals surface area contributed by atoms with Gasteiger partial charge in [-0.05, 0) is 12.1 Å². The third kappa shape index (κ3) is 7.30. The van der Waals surface area contributed by atoms with Crippen LogP contribution in [0.15, 0.2) is 18.2 Å². The van der Waals surface area contributed by atoms with Crippen LogP contribution in [0.1, 0.15) is 11.1 Å². The highest BCUT2D eigenvalue weighted by Gasteiger charge is 2.60. The van der Waals surface area contributed by atoms with Gasteiger partial charge in [-0.15, -0.1) is 0 Å². The van der Waals surface area contributed by atoms with Gasteiger partial charge < -0.3 is 19.5 Å². The number of carbonyl (C=O) groups is 2. The van der Waals surface area contributed by atoms with Crippen molar-refractivity contribution in [2.45, 2.75) is 31.2 Å². The first-order valence-electron chi connectivity index (χ1n) is 9.35. The maximum absolute atomic E-state index is 13.4. The van der Waals surface area contributed by atoms with Crippen LogP contribution in [0.25, 0.3) is 0 Å². The SMILES string of the molecule is O=C(O)COc1cccc(C(F)(F)F)c1CN1CCN(C(=O)OC(C(F)(F)F)C(F)(F)F)CC1. The lowest BCUT2D eigenvalue weighted by Gasteiger charge is -2.35. The predicted molar refractivity (Wildman–Crippen MR) is 93.8 cm³/mol. The van der Waals surface area contributed by atoms with Gasteiger partial charge in [-0.2, -0.15) is 39.5 Å². The van der Waals surface area contributed by atoms with Crippen LogP contribution < -0.4 is 4.74 Å². The molecule has 0 unspecified atom stereocenters. The van der Waals surface area contributed by atoms with Crippen LogP contribution in [0.3, 0.4) is 0 Å². The summed E-state index contributed by atoms with van der Waals surface area (Å²) < 4.78 is 124. The van der Waals surface area contributed by atoms with E-state index < -0.39 is 74.1 Å². The van der Waals surface area contributed by atoms with E-state index >= 15 is 0 Å². The summed E-state index contributed by atoms with van der Waals surface area (Å²) in [7, 11) is 0. The van der Waals surface area contributed by atoms with Crippen LogP contribution >= 0.6 is 0 Å². The summed E-state index contributed by atoms with van der Waals surface area (Å²) in [6, 6.07) is 2.87. The van der Waals surface area contributed by atoms with Gasteiger partial charge in [0, 0.05) is 38.3 Å². The topological polar surface area (TPSA) is 79.3 Å². The molecule has 1 N–H and O–H groups in total. The molecule has 0 bridgehead atoms. The van der Waals surface area contributed by atoms with Crippen molar-refractivity contribution < 1.29 is 63.7 Å². The van der Waals surface area contributed by atoms with E-state index in [-0.39, 0.29) is 18.8 Å². The quantitative estimate of drug-likeness (QED) is 0.583. The molecule has 0 radical (unpaired) electrons. The predicted octanol–water partition coefficient (Wildman–Crippen LogP) is 3.92. The van der Waals surface area contributed by atoms with Crippen LogP contribution in [-0.2, 0) is 22.3 Å². The van der Waals surface area contributed by atoms with Crippen LogP contribution in [-0.4, -0.2) is 78.2 Å². The van der Waals surface area contributed by atoms with E-state index in [1.807, 2.05) is 0 Å². The maximum Gasteiger partial charge on any atom is 0.434 e. The van der Waals surface area contributed by atoms with E-state index in [9.17, 15) is 49.1 Å². The maximum atomic E-state index is 13.4. The van der Waals surface area contributed by atoms with Crippen LogP contribution in [0.4, 0.5) is 44.3 Å². The fraction of sp³-hybridized carbons (Fsp3) is 0.556.